The lowest BCUT2D eigenvalue weighted by atomic mass is 10.6. The van der Waals surface area contributed by atoms with E-state index in [2.05, 4.69) is 18.3 Å². The molecular weight excluding hydrogens is 178 g/mol. The van der Waals surface area contributed by atoms with Gasteiger partial charge in [0.1, 0.15) is 6.54 Å². The van der Waals surface area contributed by atoms with Gasteiger partial charge < -0.3 is 15.3 Å². The number of rotatable bonds is 2. The first kappa shape index (κ1) is 11.1. The smallest absolute Gasteiger partial charge is 0.356 e. The van der Waals surface area contributed by atoms with Gasteiger partial charge in [0, 0.05) is 0 Å². The molecule has 0 saturated heterocycles. The van der Waals surface area contributed by atoms with Crippen LogP contribution in [-0.4, -0.2) is 21.8 Å². The molecule has 0 aliphatic carbocycles. The Labute approximate surface area is 74.5 Å². The Morgan fingerprint density at radius 2 is 2.31 bits per heavy atom. The van der Waals surface area contributed by atoms with Crippen LogP contribution >= 0.6 is 0 Å². The zero-order valence-electron chi connectivity index (χ0n) is 6.71. The first-order valence-corrected chi connectivity index (χ1v) is 3.16. The zero-order valence-corrected chi connectivity index (χ0v) is 6.71. The summed E-state index contributed by atoms with van der Waals surface area (Å²) in [4.78, 5) is 8.25. The summed E-state index contributed by atoms with van der Waals surface area (Å²) in [5, 5.41) is 17.8. The average molecular weight is 187 g/mol. The summed E-state index contributed by atoms with van der Waals surface area (Å²) < 4.78 is 0. The van der Waals surface area contributed by atoms with Gasteiger partial charge in [0.25, 0.3) is 0 Å². The molecule has 1 aliphatic rings. The highest BCUT2D eigenvalue weighted by Gasteiger charge is 2.19. The fourth-order valence-corrected chi connectivity index (χ4v) is 0.552. The van der Waals surface area contributed by atoms with Crippen molar-refractivity contribution in [2.75, 3.05) is 6.54 Å². The van der Waals surface area contributed by atoms with Crippen molar-refractivity contribution in [2.24, 2.45) is 5.84 Å². The molecule has 0 unspecified atom stereocenters. The zero-order chi connectivity index (χ0) is 10.3. The Morgan fingerprint density at radius 3 is 2.62 bits per heavy atom. The van der Waals surface area contributed by atoms with Gasteiger partial charge in [0.05, 0.1) is 5.09 Å². The predicted octanol–water partition coefficient (Wildman–Crippen LogP) is -0.881. The molecule has 72 valence electrons. The Balaban J connectivity index is 0.000000310. The Morgan fingerprint density at radius 1 is 1.77 bits per heavy atom. The quantitative estimate of drug-likeness (QED) is 0.190. The summed E-state index contributed by atoms with van der Waals surface area (Å²) >= 11 is 0. The summed E-state index contributed by atoms with van der Waals surface area (Å²) in [5.74, 6) is 5.28. The number of hydrogen-bond donors (Lipinski definition) is 2. The lowest BCUT2D eigenvalue weighted by Gasteiger charge is -2.05. The van der Waals surface area contributed by atoms with Gasteiger partial charge >= 0.3 is 12.4 Å². The van der Waals surface area contributed by atoms with Crippen LogP contribution < -0.4 is 11.4 Å². The van der Waals surface area contributed by atoms with Gasteiger partial charge in [-0.3, -0.25) is 0 Å². The Hall–Kier alpha value is -1.89. The van der Waals surface area contributed by atoms with E-state index in [1.807, 2.05) is 0 Å². The van der Waals surface area contributed by atoms with Crippen molar-refractivity contribution in [3.63, 3.8) is 0 Å². The molecule has 8 heteroatoms. The van der Waals surface area contributed by atoms with Gasteiger partial charge in [0.15, 0.2) is 0 Å². The molecule has 0 bridgehead atoms. The third-order valence-electron chi connectivity index (χ3n) is 0.901. The van der Waals surface area contributed by atoms with Crippen LogP contribution in [0, 0.1) is 21.5 Å². The average Bonchev–Trinajstić information content (AvgIpc) is 2.35. The van der Waals surface area contributed by atoms with Crippen molar-refractivity contribution in [1.29, 1.82) is 0 Å². The van der Waals surface area contributed by atoms with Crippen molar-refractivity contribution < 1.29 is 5.09 Å². The van der Waals surface area contributed by atoms with Crippen LogP contribution in [0.25, 0.3) is 0 Å². The molecule has 0 spiro atoms. The second kappa shape index (κ2) is 5.72. The molecule has 0 aromatic carbocycles. The van der Waals surface area contributed by atoms with Crippen molar-refractivity contribution in [1.82, 2.24) is 15.7 Å². The van der Waals surface area contributed by atoms with E-state index in [1.165, 1.54) is 5.12 Å². The maximum atomic E-state index is 8.25. The topological polar surface area (TPSA) is 111 Å². The van der Waals surface area contributed by atoms with E-state index in [4.69, 9.17) is 21.2 Å². The van der Waals surface area contributed by atoms with Crippen molar-refractivity contribution in [2.45, 2.75) is 0 Å². The number of nitrogens with two attached hydrogens (primary N) is 1. The molecule has 0 aromatic heterocycles. The molecule has 3 N–H and O–H groups in total. The van der Waals surface area contributed by atoms with E-state index in [0.717, 1.165) is 0 Å². The first-order valence-electron chi connectivity index (χ1n) is 3.16. The van der Waals surface area contributed by atoms with Gasteiger partial charge in [-0.05, 0) is 0 Å². The third-order valence-corrected chi connectivity index (χ3v) is 0.901. The van der Waals surface area contributed by atoms with E-state index in [9.17, 15) is 0 Å². The van der Waals surface area contributed by atoms with Crippen LogP contribution in [0.1, 0.15) is 0 Å². The summed E-state index contributed by atoms with van der Waals surface area (Å²) in [7, 11) is 0. The highest BCUT2D eigenvalue weighted by atomic mass is 16.9. The SMILES string of the molecule is C=CCN1[C+]=CN(N)N1.O=[N+]([O-])[O-]. The van der Waals surface area contributed by atoms with Crippen LogP contribution in [0.3, 0.4) is 0 Å². The van der Waals surface area contributed by atoms with Gasteiger partial charge in [-0.1, -0.05) is 16.6 Å². The molecule has 0 fully saturated rings. The van der Waals surface area contributed by atoms with E-state index in [1.54, 1.807) is 17.3 Å². The fourth-order valence-electron chi connectivity index (χ4n) is 0.552. The lowest BCUT2D eigenvalue weighted by molar-refractivity contribution is -0.402. The van der Waals surface area contributed by atoms with Crippen LogP contribution in [-0.2, 0) is 0 Å². The van der Waals surface area contributed by atoms with Gasteiger partial charge in [0.2, 0.25) is 0 Å². The molecule has 0 amide bonds. The summed E-state index contributed by atoms with van der Waals surface area (Å²) in [5.41, 5.74) is 2.76. The van der Waals surface area contributed by atoms with Gasteiger partial charge in [-0.25, -0.2) is 5.84 Å². The Bertz CT molecular complexity index is 202. The number of nitrogens with zero attached hydrogens (tertiary/aromatic N) is 3. The second-order valence-corrected chi connectivity index (χ2v) is 1.89. The lowest BCUT2D eigenvalue weighted by Crippen LogP contribution is -2.43. The molecule has 0 atom stereocenters. The summed E-state index contributed by atoms with van der Waals surface area (Å²) in [6, 6.07) is 0. The minimum atomic E-state index is -1.75. The minimum Gasteiger partial charge on any atom is -0.356 e. The van der Waals surface area contributed by atoms with Crippen LogP contribution in [0.4, 0.5) is 0 Å². The van der Waals surface area contributed by atoms with E-state index in [0.29, 0.717) is 6.54 Å². The molecule has 0 aromatic rings. The molecular formula is C5H9N5O3. The third kappa shape index (κ3) is 6.51. The first-order chi connectivity index (χ1) is 6.06. The number of hydrazine groups is 3. The fraction of sp³-hybridized carbons (Fsp3) is 0.200. The normalized spacial score (nSPS) is 13.0. The molecule has 13 heavy (non-hydrogen) atoms. The van der Waals surface area contributed by atoms with Gasteiger partial charge in [-0.2, -0.15) is 5.12 Å². The van der Waals surface area contributed by atoms with Crippen LogP contribution in [0.15, 0.2) is 18.9 Å². The van der Waals surface area contributed by atoms with Crippen LogP contribution in [0.2, 0.25) is 0 Å². The van der Waals surface area contributed by atoms with E-state index < -0.39 is 5.09 Å². The highest BCUT2D eigenvalue weighted by Crippen LogP contribution is 1.91. The molecule has 8 nitrogen and oxygen atoms in total. The minimum absolute atomic E-state index is 0.699. The second-order valence-electron chi connectivity index (χ2n) is 1.89. The molecule has 1 heterocycles. The van der Waals surface area contributed by atoms with Crippen molar-refractivity contribution in [3.8, 4) is 0 Å². The van der Waals surface area contributed by atoms with Crippen molar-refractivity contribution >= 4 is 0 Å². The van der Waals surface area contributed by atoms with E-state index >= 15 is 0 Å². The Kier molecular flexibility index (Phi) is 4.89. The molecule has 1 aliphatic heterocycles. The highest BCUT2D eigenvalue weighted by molar-refractivity contribution is 4.80. The maximum Gasteiger partial charge on any atom is 0.411 e. The standard InChI is InChI=1S/C5H9N4.NO3/c1-2-3-8-4-5-9(6)7-8;2-1(3)4/h2,5,7H,1,3,6H2;/q+1;-1. The monoisotopic (exact) mass is 187 g/mol. The predicted molar refractivity (Wildman–Crippen MR) is 44.2 cm³/mol. The summed E-state index contributed by atoms with van der Waals surface area (Å²) in [6.45, 7) is 4.25. The van der Waals surface area contributed by atoms with Crippen LogP contribution in [0.5, 0.6) is 0 Å². The van der Waals surface area contributed by atoms with Gasteiger partial charge in [-0.15, -0.1) is 6.58 Å². The maximum absolute atomic E-state index is 8.25. The molecule has 1 rings (SSSR count). The number of nitrogens with one attached hydrogen (secondary N) is 1. The molecule has 0 radical (unpaired) electrons. The van der Waals surface area contributed by atoms with Crippen molar-refractivity contribution in [3.05, 3.63) is 40.4 Å². The largest absolute Gasteiger partial charge is 0.411 e. The summed E-state index contributed by atoms with van der Waals surface area (Å²) in [6.07, 6.45) is 6.19. The number of hydrogen-bond acceptors (Lipinski definition) is 7. The molecule has 0 saturated carbocycles. The van der Waals surface area contributed by atoms with E-state index in [-0.39, 0.29) is 0 Å².